The second-order valence-electron chi connectivity index (χ2n) is 5.72. The number of pyridine rings is 1. The molecule has 0 fully saturated rings. The molecule has 0 saturated heterocycles. The number of carbonyl (C=O) groups is 1. The summed E-state index contributed by atoms with van der Waals surface area (Å²) in [6.07, 6.45) is 1.64. The Labute approximate surface area is 168 Å². The summed E-state index contributed by atoms with van der Waals surface area (Å²) in [6.45, 7) is 3.52. The molecule has 0 atom stereocenters. The normalized spacial score (nSPS) is 11.1. The minimum atomic E-state index is -0.552. The molecule has 0 radical (unpaired) electrons. The van der Waals surface area contributed by atoms with Gasteiger partial charge in [-0.3, -0.25) is 4.98 Å². The van der Waals surface area contributed by atoms with Crippen LogP contribution in [0.4, 0.5) is 0 Å². The van der Waals surface area contributed by atoms with E-state index in [-0.39, 0.29) is 25.0 Å². The number of fused-ring (bicyclic) bond motifs is 1. The van der Waals surface area contributed by atoms with Crippen molar-refractivity contribution in [1.82, 2.24) is 15.1 Å². The summed E-state index contributed by atoms with van der Waals surface area (Å²) < 4.78 is 16.5. The van der Waals surface area contributed by atoms with Crippen molar-refractivity contribution in [3.05, 3.63) is 44.7 Å². The highest BCUT2D eigenvalue weighted by atomic mass is 127. The summed E-state index contributed by atoms with van der Waals surface area (Å²) in [5.74, 6) is 0.890. The zero-order chi connectivity index (χ0) is 18.7. The molecular weight excluding hydrogens is 473 g/mol. The first-order valence-corrected chi connectivity index (χ1v) is 9.25. The van der Waals surface area contributed by atoms with Gasteiger partial charge in [0, 0.05) is 17.5 Å². The molecule has 2 heterocycles. The van der Waals surface area contributed by atoms with Crippen molar-refractivity contribution in [3.8, 4) is 5.75 Å². The standard InChI is InChI=1S/C17H15ClIN3O4/c1-9(2)17-21-13(26-22-17)7-24-14(23)8-25-16-12(19)6-11(18)10-4-3-5-20-15(10)16/h3-6,9H,7-8H2,1-2H3. The summed E-state index contributed by atoms with van der Waals surface area (Å²) in [4.78, 5) is 20.4. The topological polar surface area (TPSA) is 87.3 Å². The number of rotatable bonds is 6. The molecule has 9 heteroatoms. The van der Waals surface area contributed by atoms with Crippen LogP contribution in [-0.4, -0.2) is 27.7 Å². The summed E-state index contributed by atoms with van der Waals surface area (Å²) in [6, 6.07) is 5.39. The summed E-state index contributed by atoms with van der Waals surface area (Å²) in [5, 5.41) is 5.14. The van der Waals surface area contributed by atoms with E-state index in [2.05, 4.69) is 37.7 Å². The van der Waals surface area contributed by atoms with E-state index in [4.69, 9.17) is 25.6 Å². The second kappa shape index (κ2) is 8.17. The fourth-order valence-electron chi connectivity index (χ4n) is 2.16. The molecular formula is C17H15ClIN3O4. The number of ether oxygens (including phenoxy) is 2. The zero-order valence-corrected chi connectivity index (χ0v) is 16.9. The van der Waals surface area contributed by atoms with Crippen LogP contribution >= 0.6 is 34.2 Å². The van der Waals surface area contributed by atoms with Crippen LogP contribution in [0.3, 0.4) is 0 Å². The highest BCUT2D eigenvalue weighted by Gasteiger charge is 2.15. The lowest BCUT2D eigenvalue weighted by Gasteiger charge is -2.11. The van der Waals surface area contributed by atoms with E-state index in [1.807, 2.05) is 19.9 Å². The Morgan fingerprint density at radius 1 is 1.42 bits per heavy atom. The average Bonchev–Trinajstić information content (AvgIpc) is 3.09. The first-order chi connectivity index (χ1) is 12.5. The van der Waals surface area contributed by atoms with Gasteiger partial charge in [0.15, 0.2) is 24.8 Å². The van der Waals surface area contributed by atoms with Crippen LogP contribution in [0.2, 0.25) is 5.02 Å². The smallest absolute Gasteiger partial charge is 0.344 e. The lowest BCUT2D eigenvalue weighted by molar-refractivity contribution is -0.148. The van der Waals surface area contributed by atoms with E-state index in [1.165, 1.54) is 0 Å². The maximum atomic E-state index is 12.0. The molecule has 0 saturated carbocycles. The Morgan fingerprint density at radius 2 is 2.23 bits per heavy atom. The van der Waals surface area contributed by atoms with E-state index < -0.39 is 5.97 Å². The molecule has 2 aromatic heterocycles. The maximum absolute atomic E-state index is 12.0. The molecule has 0 amide bonds. The van der Waals surface area contributed by atoms with Gasteiger partial charge in [-0.15, -0.1) is 0 Å². The van der Waals surface area contributed by atoms with Gasteiger partial charge in [0.05, 0.1) is 8.59 Å². The number of nitrogens with zero attached hydrogens (tertiary/aromatic N) is 3. The first kappa shape index (κ1) is 18.8. The van der Waals surface area contributed by atoms with Crippen LogP contribution in [0, 0.1) is 3.57 Å². The van der Waals surface area contributed by atoms with E-state index in [0.29, 0.717) is 22.1 Å². The van der Waals surface area contributed by atoms with Gasteiger partial charge in [-0.25, -0.2) is 4.79 Å². The predicted molar refractivity (Wildman–Crippen MR) is 103 cm³/mol. The Balaban J connectivity index is 1.63. The predicted octanol–water partition coefficient (Wildman–Crippen LogP) is 4.12. The molecule has 0 aliphatic carbocycles. The molecule has 0 bridgehead atoms. The SMILES string of the molecule is CC(C)c1noc(COC(=O)COc2c(I)cc(Cl)c3cccnc23)n1. The van der Waals surface area contributed by atoms with Crippen LogP contribution in [0.1, 0.15) is 31.5 Å². The Hall–Kier alpha value is -1.94. The number of hydrogen-bond donors (Lipinski definition) is 0. The Bertz CT molecular complexity index is 945. The Kier molecular flexibility index (Phi) is 5.92. The van der Waals surface area contributed by atoms with Gasteiger partial charge in [0.2, 0.25) is 0 Å². The quantitative estimate of drug-likeness (QED) is 0.382. The third kappa shape index (κ3) is 4.24. The molecule has 0 aliphatic rings. The number of halogens is 2. The van der Waals surface area contributed by atoms with E-state index >= 15 is 0 Å². The van der Waals surface area contributed by atoms with Crippen LogP contribution < -0.4 is 4.74 Å². The van der Waals surface area contributed by atoms with Crippen LogP contribution in [0.5, 0.6) is 5.75 Å². The van der Waals surface area contributed by atoms with Crippen molar-refractivity contribution in [2.75, 3.05) is 6.61 Å². The number of esters is 1. The van der Waals surface area contributed by atoms with E-state index in [0.717, 1.165) is 8.96 Å². The third-order valence-electron chi connectivity index (χ3n) is 3.44. The minimum absolute atomic E-state index is 0.0986. The van der Waals surface area contributed by atoms with Gasteiger partial charge < -0.3 is 14.0 Å². The third-order valence-corrected chi connectivity index (χ3v) is 4.56. The molecule has 0 unspecified atom stereocenters. The summed E-state index contributed by atoms with van der Waals surface area (Å²) in [5.41, 5.74) is 0.593. The second-order valence-corrected chi connectivity index (χ2v) is 7.29. The molecule has 136 valence electrons. The van der Waals surface area contributed by atoms with Gasteiger partial charge in [0.25, 0.3) is 5.89 Å². The van der Waals surface area contributed by atoms with Crippen molar-refractivity contribution in [2.24, 2.45) is 0 Å². The van der Waals surface area contributed by atoms with Crippen molar-refractivity contribution in [3.63, 3.8) is 0 Å². The number of benzene rings is 1. The molecule has 0 spiro atoms. The van der Waals surface area contributed by atoms with Crippen LogP contribution in [0.25, 0.3) is 10.9 Å². The van der Waals surface area contributed by atoms with Gasteiger partial charge in [0.1, 0.15) is 5.52 Å². The molecule has 0 N–H and O–H groups in total. The highest BCUT2D eigenvalue weighted by molar-refractivity contribution is 14.1. The molecule has 3 rings (SSSR count). The van der Waals surface area contributed by atoms with Gasteiger partial charge in [-0.1, -0.05) is 30.6 Å². The lowest BCUT2D eigenvalue weighted by Crippen LogP contribution is -2.15. The van der Waals surface area contributed by atoms with Crippen molar-refractivity contribution >= 4 is 51.1 Å². The summed E-state index contributed by atoms with van der Waals surface area (Å²) in [7, 11) is 0. The largest absolute Gasteiger partial charge is 0.478 e. The zero-order valence-electron chi connectivity index (χ0n) is 14.0. The fraction of sp³-hybridized carbons (Fsp3) is 0.294. The average molecular weight is 488 g/mol. The number of hydrogen-bond acceptors (Lipinski definition) is 7. The lowest BCUT2D eigenvalue weighted by atomic mass is 10.2. The minimum Gasteiger partial charge on any atom is -0.478 e. The molecule has 0 aliphatic heterocycles. The van der Waals surface area contributed by atoms with Gasteiger partial charge in [-0.2, -0.15) is 4.98 Å². The summed E-state index contributed by atoms with van der Waals surface area (Å²) >= 11 is 8.31. The monoisotopic (exact) mass is 487 g/mol. The number of aromatic nitrogens is 3. The van der Waals surface area contributed by atoms with Crippen LogP contribution in [0.15, 0.2) is 28.9 Å². The first-order valence-electron chi connectivity index (χ1n) is 7.79. The molecule has 1 aromatic carbocycles. The van der Waals surface area contributed by atoms with Gasteiger partial charge >= 0.3 is 5.97 Å². The van der Waals surface area contributed by atoms with E-state index in [1.54, 1.807) is 18.3 Å². The Morgan fingerprint density at radius 3 is 2.96 bits per heavy atom. The molecule has 26 heavy (non-hydrogen) atoms. The van der Waals surface area contributed by atoms with Crippen molar-refractivity contribution < 1.29 is 18.8 Å². The fourth-order valence-corrected chi connectivity index (χ4v) is 3.33. The highest BCUT2D eigenvalue weighted by Crippen LogP contribution is 2.34. The molecule has 3 aromatic rings. The van der Waals surface area contributed by atoms with Crippen LogP contribution in [-0.2, 0) is 16.1 Å². The van der Waals surface area contributed by atoms with Crippen molar-refractivity contribution in [2.45, 2.75) is 26.4 Å². The van der Waals surface area contributed by atoms with Crippen molar-refractivity contribution in [1.29, 1.82) is 0 Å². The number of carbonyl (C=O) groups excluding carboxylic acids is 1. The maximum Gasteiger partial charge on any atom is 0.344 e. The van der Waals surface area contributed by atoms with E-state index in [9.17, 15) is 4.79 Å². The van der Waals surface area contributed by atoms with Gasteiger partial charge in [-0.05, 0) is 40.8 Å². The molecule has 7 nitrogen and oxygen atoms in total.